The summed E-state index contributed by atoms with van der Waals surface area (Å²) in [5.41, 5.74) is 2.36. The van der Waals surface area contributed by atoms with E-state index in [1.165, 1.54) is 33.3 Å². The minimum atomic E-state index is -0.521. The third-order valence-electron chi connectivity index (χ3n) is 4.90. The Kier molecular flexibility index (Phi) is 5.44. The van der Waals surface area contributed by atoms with Crippen LogP contribution in [0.15, 0.2) is 29.1 Å². The lowest BCUT2D eigenvalue weighted by molar-refractivity contribution is -0.119. The van der Waals surface area contributed by atoms with Gasteiger partial charge in [-0.1, -0.05) is 6.07 Å². The molecule has 3 rings (SSSR count). The Bertz CT molecular complexity index is 985. The number of aryl methyl sites for hydroxylation is 1. The lowest BCUT2D eigenvalue weighted by Gasteiger charge is -2.19. The van der Waals surface area contributed by atoms with Gasteiger partial charge in [-0.3, -0.25) is 9.59 Å². The minimum absolute atomic E-state index is 0.179. The molecule has 0 heterocycles. The highest BCUT2D eigenvalue weighted by Crippen LogP contribution is 2.50. The Morgan fingerprint density at radius 1 is 1.11 bits per heavy atom. The third kappa shape index (κ3) is 3.35. The number of hydrogen-bond donors (Lipinski definition) is 2. The largest absolute Gasteiger partial charge is 0.504 e. The molecule has 2 N–H and O–H groups in total. The van der Waals surface area contributed by atoms with E-state index in [1.807, 2.05) is 6.07 Å². The van der Waals surface area contributed by atoms with Gasteiger partial charge in [0.15, 0.2) is 17.2 Å². The molecule has 7 nitrogen and oxygen atoms in total. The molecule has 7 heteroatoms. The summed E-state index contributed by atoms with van der Waals surface area (Å²) in [6, 6.07) is 5.92. The molecule has 0 bridgehead atoms. The summed E-state index contributed by atoms with van der Waals surface area (Å²) in [6.07, 6.45) is 1.23. The van der Waals surface area contributed by atoms with Gasteiger partial charge in [-0.2, -0.15) is 0 Å². The second kappa shape index (κ2) is 7.80. The molecule has 28 heavy (non-hydrogen) atoms. The maximum atomic E-state index is 12.4. The van der Waals surface area contributed by atoms with Crippen molar-refractivity contribution in [2.75, 3.05) is 21.3 Å². The highest BCUT2D eigenvalue weighted by Gasteiger charge is 2.29. The number of hydrogen-bond acceptors (Lipinski definition) is 6. The lowest BCUT2D eigenvalue weighted by Crippen LogP contribution is -2.26. The van der Waals surface area contributed by atoms with E-state index >= 15 is 0 Å². The normalized spacial score (nSPS) is 14.9. The van der Waals surface area contributed by atoms with Gasteiger partial charge in [0.2, 0.25) is 17.1 Å². The van der Waals surface area contributed by atoms with Gasteiger partial charge in [0.1, 0.15) is 0 Å². The SMILES string of the molecule is COc1cc2c(c(OC)c1OC)-c1cc(=O)c(O)ccc1[C@@H](NC(C)=O)CC2. The van der Waals surface area contributed by atoms with Crippen molar-refractivity contribution >= 4 is 5.91 Å². The van der Waals surface area contributed by atoms with Gasteiger partial charge in [-0.05, 0) is 47.7 Å². The highest BCUT2D eigenvalue weighted by atomic mass is 16.5. The topological polar surface area (TPSA) is 94.1 Å². The fourth-order valence-electron chi connectivity index (χ4n) is 3.70. The second-order valence-electron chi connectivity index (χ2n) is 6.57. The zero-order chi connectivity index (χ0) is 20.4. The van der Waals surface area contributed by atoms with Crippen LogP contribution in [0.5, 0.6) is 23.0 Å². The van der Waals surface area contributed by atoms with Crippen molar-refractivity contribution in [2.45, 2.75) is 25.8 Å². The van der Waals surface area contributed by atoms with Crippen LogP contribution in [0.4, 0.5) is 0 Å². The van der Waals surface area contributed by atoms with Crippen LogP contribution in [-0.2, 0) is 11.2 Å². The molecule has 1 atom stereocenters. The van der Waals surface area contributed by atoms with E-state index in [-0.39, 0.29) is 17.7 Å². The van der Waals surface area contributed by atoms with Crippen LogP contribution in [0, 0.1) is 0 Å². The number of amides is 1. The Balaban J connectivity index is 2.42. The van der Waals surface area contributed by atoms with Gasteiger partial charge in [0, 0.05) is 12.5 Å². The molecule has 1 aliphatic carbocycles. The zero-order valence-corrected chi connectivity index (χ0v) is 16.3. The molecule has 0 fully saturated rings. The number of methoxy groups -OCH3 is 3. The number of rotatable bonds is 4. The zero-order valence-electron chi connectivity index (χ0n) is 16.3. The number of aromatic hydroxyl groups is 1. The number of carbonyl (C=O) groups excluding carboxylic acids is 1. The summed E-state index contributed by atoms with van der Waals surface area (Å²) in [5, 5.41) is 12.9. The van der Waals surface area contributed by atoms with E-state index in [2.05, 4.69) is 5.32 Å². The van der Waals surface area contributed by atoms with Crippen LogP contribution in [0.3, 0.4) is 0 Å². The van der Waals surface area contributed by atoms with E-state index in [4.69, 9.17) is 14.2 Å². The Hall–Kier alpha value is -3.22. The number of ether oxygens (including phenoxy) is 3. The van der Waals surface area contributed by atoms with Gasteiger partial charge in [0.05, 0.1) is 27.4 Å². The fraction of sp³-hybridized carbons (Fsp3) is 0.333. The molecular weight excluding hydrogens is 362 g/mol. The highest BCUT2D eigenvalue weighted by molar-refractivity contribution is 5.83. The van der Waals surface area contributed by atoms with Crippen molar-refractivity contribution < 1.29 is 24.1 Å². The molecule has 0 aromatic heterocycles. The Morgan fingerprint density at radius 2 is 1.82 bits per heavy atom. The van der Waals surface area contributed by atoms with Gasteiger partial charge in [0.25, 0.3) is 0 Å². The first-order valence-corrected chi connectivity index (χ1v) is 8.87. The maximum absolute atomic E-state index is 12.4. The molecule has 0 unspecified atom stereocenters. The quantitative estimate of drug-likeness (QED) is 0.840. The summed E-state index contributed by atoms with van der Waals surface area (Å²) < 4.78 is 16.6. The summed E-state index contributed by atoms with van der Waals surface area (Å²) in [6.45, 7) is 1.45. The fourth-order valence-corrected chi connectivity index (χ4v) is 3.70. The second-order valence-corrected chi connectivity index (χ2v) is 6.57. The summed E-state index contributed by atoms with van der Waals surface area (Å²) in [5.74, 6) is 0.823. The lowest BCUT2D eigenvalue weighted by atomic mass is 9.95. The smallest absolute Gasteiger partial charge is 0.220 e. The average molecular weight is 385 g/mol. The number of benzene rings is 1. The van der Waals surface area contributed by atoms with Crippen LogP contribution in [0.1, 0.15) is 30.5 Å². The van der Waals surface area contributed by atoms with E-state index in [0.29, 0.717) is 41.2 Å². The summed E-state index contributed by atoms with van der Waals surface area (Å²) in [7, 11) is 4.58. The maximum Gasteiger partial charge on any atom is 0.220 e. The van der Waals surface area contributed by atoms with Crippen LogP contribution in [-0.4, -0.2) is 32.3 Å². The molecule has 0 radical (unpaired) electrons. The van der Waals surface area contributed by atoms with Crippen LogP contribution in [0.2, 0.25) is 0 Å². The molecule has 1 aliphatic rings. The van der Waals surface area contributed by atoms with Gasteiger partial charge < -0.3 is 24.6 Å². The van der Waals surface area contributed by atoms with Crippen LogP contribution in [0.25, 0.3) is 11.1 Å². The van der Waals surface area contributed by atoms with Gasteiger partial charge >= 0.3 is 0 Å². The van der Waals surface area contributed by atoms with Crippen molar-refractivity contribution in [3.8, 4) is 34.1 Å². The van der Waals surface area contributed by atoms with E-state index in [9.17, 15) is 14.7 Å². The van der Waals surface area contributed by atoms with Crippen molar-refractivity contribution in [1.82, 2.24) is 5.32 Å². The standard InChI is InChI=1S/C21H23NO6/c1-11(23)22-15-7-5-12-9-18(26-2)20(27-3)21(28-4)19(12)14-10-17(25)16(24)8-6-13(14)15/h6,8-10,15H,5,7H2,1-4H3,(H,22,23)(H,24,25)/t15-/m0/s1. The number of fused-ring (bicyclic) bond motifs is 3. The molecule has 0 saturated heterocycles. The number of nitrogens with one attached hydrogen (secondary N) is 1. The molecular formula is C21H23NO6. The molecule has 0 aliphatic heterocycles. The molecule has 0 saturated carbocycles. The average Bonchev–Trinajstić information content (AvgIpc) is 2.90. The number of carbonyl (C=O) groups is 1. The van der Waals surface area contributed by atoms with Crippen molar-refractivity contribution in [2.24, 2.45) is 0 Å². The molecule has 1 amide bonds. The molecule has 0 spiro atoms. The molecule has 148 valence electrons. The van der Waals surface area contributed by atoms with Gasteiger partial charge in [-0.25, -0.2) is 0 Å². The third-order valence-corrected chi connectivity index (χ3v) is 4.90. The first kappa shape index (κ1) is 19.5. The first-order chi connectivity index (χ1) is 13.4. The summed E-state index contributed by atoms with van der Waals surface area (Å²) in [4.78, 5) is 24.1. The predicted molar refractivity (Wildman–Crippen MR) is 104 cm³/mol. The van der Waals surface area contributed by atoms with Crippen molar-refractivity contribution in [1.29, 1.82) is 0 Å². The van der Waals surface area contributed by atoms with Crippen LogP contribution < -0.4 is 25.0 Å². The van der Waals surface area contributed by atoms with Crippen molar-refractivity contribution in [3.63, 3.8) is 0 Å². The first-order valence-electron chi connectivity index (χ1n) is 8.87. The van der Waals surface area contributed by atoms with E-state index in [0.717, 1.165) is 11.1 Å². The monoisotopic (exact) mass is 385 g/mol. The van der Waals surface area contributed by atoms with Crippen LogP contribution >= 0.6 is 0 Å². The van der Waals surface area contributed by atoms with E-state index in [1.54, 1.807) is 13.2 Å². The summed E-state index contributed by atoms with van der Waals surface area (Å²) >= 11 is 0. The predicted octanol–water partition coefficient (Wildman–Crippen LogP) is 2.57. The molecule has 2 aromatic rings. The minimum Gasteiger partial charge on any atom is -0.504 e. The van der Waals surface area contributed by atoms with Crippen molar-refractivity contribution in [3.05, 3.63) is 45.6 Å². The van der Waals surface area contributed by atoms with Gasteiger partial charge in [-0.15, -0.1) is 0 Å². The Morgan fingerprint density at radius 3 is 2.43 bits per heavy atom. The van der Waals surface area contributed by atoms with E-state index < -0.39 is 5.43 Å². The molecule has 2 aromatic carbocycles. The Labute approximate surface area is 162 Å².